The van der Waals surface area contributed by atoms with Gasteiger partial charge in [-0.25, -0.2) is 0 Å². The van der Waals surface area contributed by atoms with Crippen LogP contribution in [-0.4, -0.2) is 18.8 Å². The predicted molar refractivity (Wildman–Crippen MR) is 92.9 cm³/mol. The van der Waals surface area contributed by atoms with Crippen molar-refractivity contribution in [2.75, 3.05) is 18.2 Å². The molecule has 0 aliphatic rings. The van der Waals surface area contributed by atoms with Gasteiger partial charge in [0.05, 0.1) is 0 Å². The van der Waals surface area contributed by atoms with Crippen molar-refractivity contribution in [2.45, 2.75) is 24.7 Å². The second-order valence-electron chi connectivity index (χ2n) is 5.26. The maximum Gasteiger partial charge on any atom is 0.262 e. The van der Waals surface area contributed by atoms with Gasteiger partial charge < -0.3 is 10.1 Å². The van der Waals surface area contributed by atoms with Crippen LogP contribution in [0.15, 0.2) is 53.4 Å². The zero-order valence-electron chi connectivity index (χ0n) is 13.1. The summed E-state index contributed by atoms with van der Waals surface area (Å²) in [6.07, 6.45) is 2.01. The lowest BCUT2D eigenvalue weighted by Gasteiger charge is -2.13. The van der Waals surface area contributed by atoms with Crippen molar-refractivity contribution < 1.29 is 9.53 Å². The first-order valence-electron chi connectivity index (χ1n) is 7.25. The third-order valence-corrected chi connectivity index (χ3v) is 3.98. The molecule has 0 saturated heterocycles. The summed E-state index contributed by atoms with van der Waals surface area (Å²) in [6, 6.07) is 15.6. The Morgan fingerprint density at radius 3 is 2.68 bits per heavy atom. The fourth-order valence-electron chi connectivity index (χ4n) is 2.13. The number of carbonyl (C=O) groups is 1. The standard InChI is InChI=1S/C18H21NO2S/c1-13(2)16-9-4-5-10-17(16)21-12-18(20)19-14-7-6-8-15(11-14)22-3/h4-11,13H,12H2,1-3H3,(H,19,20). The van der Waals surface area contributed by atoms with Gasteiger partial charge in [-0.3, -0.25) is 4.79 Å². The number of nitrogens with one attached hydrogen (secondary N) is 1. The number of hydrogen-bond acceptors (Lipinski definition) is 3. The van der Waals surface area contributed by atoms with E-state index in [4.69, 9.17) is 4.74 Å². The maximum atomic E-state index is 12.0. The Morgan fingerprint density at radius 1 is 1.18 bits per heavy atom. The molecule has 0 aromatic heterocycles. The highest BCUT2D eigenvalue weighted by atomic mass is 32.2. The lowest BCUT2D eigenvalue weighted by atomic mass is 10.0. The minimum atomic E-state index is -0.156. The molecule has 0 unspecified atom stereocenters. The molecule has 0 aliphatic heterocycles. The number of para-hydroxylation sites is 1. The third-order valence-electron chi connectivity index (χ3n) is 3.25. The average molecular weight is 315 g/mol. The average Bonchev–Trinajstić information content (AvgIpc) is 2.53. The fraction of sp³-hybridized carbons (Fsp3) is 0.278. The normalized spacial score (nSPS) is 10.5. The SMILES string of the molecule is CSc1cccc(NC(=O)COc2ccccc2C(C)C)c1. The second kappa shape index (κ2) is 7.90. The summed E-state index contributed by atoms with van der Waals surface area (Å²) in [4.78, 5) is 13.1. The summed E-state index contributed by atoms with van der Waals surface area (Å²) in [5.74, 6) is 0.972. The lowest BCUT2D eigenvalue weighted by Crippen LogP contribution is -2.20. The van der Waals surface area contributed by atoms with Crippen LogP contribution in [-0.2, 0) is 4.79 Å². The summed E-state index contributed by atoms with van der Waals surface area (Å²) in [5, 5.41) is 2.86. The van der Waals surface area contributed by atoms with Gasteiger partial charge in [-0.1, -0.05) is 38.1 Å². The largest absolute Gasteiger partial charge is 0.483 e. The van der Waals surface area contributed by atoms with E-state index in [1.807, 2.05) is 54.8 Å². The number of amides is 1. The number of rotatable bonds is 6. The van der Waals surface area contributed by atoms with E-state index in [2.05, 4.69) is 19.2 Å². The van der Waals surface area contributed by atoms with E-state index >= 15 is 0 Å². The maximum absolute atomic E-state index is 12.0. The van der Waals surface area contributed by atoms with Gasteiger partial charge in [-0.05, 0) is 42.0 Å². The van der Waals surface area contributed by atoms with E-state index in [1.54, 1.807) is 11.8 Å². The van der Waals surface area contributed by atoms with Gasteiger partial charge in [-0.15, -0.1) is 11.8 Å². The fourth-order valence-corrected chi connectivity index (χ4v) is 2.59. The van der Waals surface area contributed by atoms with E-state index in [1.165, 1.54) is 0 Å². The van der Waals surface area contributed by atoms with Crippen LogP contribution in [0.25, 0.3) is 0 Å². The van der Waals surface area contributed by atoms with Crippen molar-refractivity contribution in [1.29, 1.82) is 0 Å². The van der Waals surface area contributed by atoms with Gasteiger partial charge in [0.1, 0.15) is 5.75 Å². The highest BCUT2D eigenvalue weighted by Crippen LogP contribution is 2.25. The molecule has 1 amide bonds. The molecule has 0 spiro atoms. The zero-order chi connectivity index (χ0) is 15.9. The predicted octanol–water partition coefficient (Wildman–Crippen LogP) is 4.55. The third kappa shape index (κ3) is 4.53. The molecule has 1 N–H and O–H groups in total. The van der Waals surface area contributed by atoms with Gasteiger partial charge in [-0.2, -0.15) is 0 Å². The van der Waals surface area contributed by atoms with Crippen molar-refractivity contribution in [1.82, 2.24) is 0 Å². The van der Waals surface area contributed by atoms with Crippen molar-refractivity contribution in [2.24, 2.45) is 0 Å². The summed E-state index contributed by atoms with van der Waals surface area (Å²) < 4.78 is 5.67. The molecule has 0 atom stereocenters. The van der Waals surface area contributed by atoms with Crippen LogP contribution < -0.4 is 10.1 Å². The van der Waals surface area contributed by atoms with Gasteiger partial charge >= 0.3 is 0 Å². The molecule has 2 rings (SSSR count). The van der Waals surface area contributed by atoms with Crippen LogP contribution in [0.1, 0.15) is 25.3 Å². The zero-order valence-corrected chi connectivity index (χ0v) is 13.9. The summed E-state index contributed by atoms with van der Waals surface area (Å²) in [6.45, 7) is 4.22. The molecule has 0 heterocycles. The molecule has 4 heteroatoms. The summed E-state index contributed by atoms with van der Waals surface area (Å²) in [7, 11) is 0. The Kier molecular flexibility index (Phi) is 5.90. The van der Waals surface area contributed by atoms with Crippen molar-refractivity contribution >= 4 is 23.4 Å². The van der Waals surface area contributed by atoms with E-state index in [0.29, 0.717) is 5.92 Å². The monoisotopic (exact) mass is 315 g/mol. The van der Waals surface area contributed by atoms with Crippen LogP contribution >= 0.6 is 11.8 Å². The van der Waals surface area contributed by atoms with Crippen LogP contribution in [0, 0.1) is 0 Å². The van der Waals surface area contributed by atoms with Gasteiger partial charge in [0.2, 0.25) is 0 Å². The first-order chi connectivity index (χ1) is 10.6. The molecule has 116 valence electrons. The Bertz CT molecular complexity index is 640. The van der Waals surface area contributed by atoms with Crippen LogP contribution in [0.5, 0.6) is 5.75 Å². The van der Waals surface area contributed by atoms with E-state index in [-0.39, 0.29) is 12.5 Å². The van der Waals surface area contributed by atoms with Crippen LogP contribution in [0.4, 0.5) is 5.69 Å². The van der Waals surface area contributed by atoms with Crippen molar-refractivity contribution in [3.63, 3.8) is 0 Å². The van der Waals surface area contributed by atoms with Crippen molar-refractivity contribution in [3.8, 4) is 5.75 Å². The number of carbonyl (C=O) groups excluding carboxylic acids is 1. The van der Waals surface area contributed by atoms with Gasteiger partial charge in [0.15, 0.2) is 6.61 Å². The van der Waals surface area contributed by atoms with E-state index in [9.17, 15) is 4.79 Å². The first kappa shape index (κ1) is 16.4. The Morgan fingerprint density at radius 2 is 1.95 bits per heavy atom. The van der Waals surface area contributed by atoms with E-state index < -0.39 is 0 Å². The summed E-state index contributed by atoms with van der Waals surface area (Å²) in [5.41, 5.74) is 1.90. The topological polar surface area (TPSA) is 38.3 Å². The highest BCUT2D eigenvalue weighted by molar-refractivity contribution is 7.98. The minimum absolute atomic E-state index is 0.00717. The number of benzene rings is 2. The highest BCUT2D eigenvalue weighted by Gasteiger charge is 2.09. The van der Waals surface area contributed by atoms with Crippen molar-refractivity contribution in [3.05, 3.63) is 54.1 Å². The second-order valence-corrected chi connectivity index (χ2v) is 6.14. The molecule has 2 aromatic carbocycles. The smallest absolute Gasteiger partial charge is 0.262 e. The molecule has 0 saturated carbocycles. The number of hydrogen-bond donors (Lipinski definition) is 1. The first-order valence-corrected chi connectivity index (χ1v) is 8.48. The Balaban J connectivity index is 1.95. The number of anilines is 1. The molecule has 0 bridgehead atoms. The molecular formula is C18H21NO2S. The molecule has 22 heavy (non-hydrogen) atoms. The minimum Gasteiger partial charge on any atom is -0.483 e. The molecular weight excluding hydrogens is 294 g/mol. The lowest BCUT2D eigenvalue weighted by molar-refractivity contribution is -0.118. The Labute approximate surface area is 136 Å². The van der Waals surface area contributed by atoms with E-state index in [0.717, 1.165) is 21.9 Å². The van der Waals surface area contributed by atoms with Crippen LogP contribution in [0.3, 0.4) is 0 Å². The molecule has 0 aliphatic carbocycles. The molecule has 2 aromatic rings. The molecule has 0 fully saturated rings. The Hall–Kier alpha value is -1.94. The number of ether oxygens (including phenoxy) is 1. The molecule has 3 nitrogen and oxygen atoms in total. The quantitative estimate of drug-likeness (QED) is 0.795. The van der Waals surface area contributed by atoms with Crippen LogP contribution in [0.2, 0.25) is 0 Å². The molecule has 0 radical (unpaired) electrons. The van der Waals surface area contributed by atoms with Gasteiger partial charge in [0, 0.05) is 10.6 Å². The summed E-state index contributed by atoms with van der Waals surface area (Å²) >= 11 is 1.64. The number of thioether (sulfide) groups is 1. The van der Waals surface area contributed by atoms with Gasteiger partial charge in [0.25, 0.3) is 5.91 Å².